The lowest BCUT2D eigenvalue weighted by Gasteiger charge is -2.09. The Kier molecular flexibility index (Phi) is 3.48. The predicted octanol–water partition coefficient (Wildman–Crippen LogP) is 5.51. The molecule has 0 saturated heterocycles. The van der Waals surface area contributed by atoms with Gasteiger partial charge in [0.2, 0.25) is 0 Å². The molecule has 0 aliphatic carbocycles. The Morgan fingerprint density at radius 3 is 2.65 bits per heavy atom. The van der Waals surface area contributed by atoms with Crippen molar-refractivity contribution < 1.29 is 8.78 Å². The number of hydrogen-bond donors (Lipinski definition) is 0. The number of aromatic nitrogens is 2. The number of para-hydroxylation sites is 2. The smallest absolute Gasteiger partial charge is 0.266 e. The van der Waals surface area contributed by atoms with Gasteiger partial charge in [-0.15, -0.1) is 0 Å². The quantitative estimate of drug-likeness (QED) is 0.591. The highest BCUT2D eigenvalue weighted by molar-refractivity contribution is 9.10. The summed E-state index contributed by atoms with van der Waals surface area (Å²) in [6.07, 6.45) is 0. The van der Waals surface area contributed by atoms with Crippen molar-refractivity contribution in [3.63, 3.8) is 0 Å². The lowest BCUT2D eigenvalue weighted by atomic mass is 10.2. The Balaban J connectivity index is 2.35. The zero-order chi connectivity index (χ0) is 14.3. The fourth-order valence-electron chi connectivity index (χ4n) is 2.10. The molecule has 0 amide bonds. The maximum Gasteiger partial charge on any atom is 0.320 e. The van der Waals surface area contributed by atoms with Crippen LogP contribution < -0.4 is 0 Å². The fourth-order valence-corrected chi connectivity index (χ4v) is 2.66. The molecule has 0 unspecified atom stereocenters. The summed E-state index contributed by atoms with van der Waals surface area (Å²) < 4.78 is 28.4. The van der Waals surface area contributed by atoms with Crippen molar-refractivity contribution in [3.8, 4) is 11.4 Å². The SMILES string of the molecule is FC(F)n1c(-c2cc(Br)ccc2Cl)nc2ccccc21. The van der Waals surface area contributed by atoms with Crippen molar-refractivity contribution in [3.05, 3.63) is 52.0 Å². The molecule has 0 aliphatic heterocycles. The van der Waals surface area contributed by atoms with Gasteiger partial charge in [0.15, 0.2) is 0 Å². The van der Waals surface area contributed by atoms with Crippen LogP contribution in [0, 0.1) is 0 Å². The number of benzene rings is 2. The van der Waals surface area contributed by atoms with Gasteiger partial charge in [-0.2, -0.15) is 8.78 Å². The molecule has 1 aromatic heterocycles. The van der Waals surface area contributed by atoms with Crippen molar-refractivity contribution in [2.75, 3.05) is 0 Å². The van der Waals surface area contributed by atoms with Crippen molar-refractivity contribution in [1.29, 1.82) is 0 Å². The number of halogens is 4. The van der Waals surface area contributed by atoms with E-state index in [0.29, 0.717) is 21.6 Å². The molecule has 1 heterocycles. The predicted molar refractivity (Wildman–Crippen MR) is 79.1 cm³/mol. The van der Waals surface area contributed by atoms with Crippen LogP contribution in [0.4, 0.5) is 8.78 Å². The molecule has 0 fully saturated rings. The minimum absolute atomic E-state index is 0.160. The molecule has 0 atom stereocenters. The van der Waals surface area contributed by atoms with E-state index in [1.54, 1.807) is 42.5 Å². The van der Waals surface area contributed by atoms with Gasteiger partial charge in [-0.1, -0.05) is 39.7 Å². The topological polar surface area (TPSA) is 17.8 Å². The van der Waals surface area contributed by atoms with Gasteiger partial charge < -0.3 is 0 Å². The van der Waals surface area contributed by atoms with Crippen LogP contribution >= 0.6 is 27.5 Å². The highest BCUT2D eigenvalue weighted by Gasteiger charge is 2.20. The van der Waals surface area contributed by atoms with Gasteiger partial charge in [-0.3, -0.25) is 4.57 Å². The van der Waals surface area contributed by atoms with E-state index in [2.05, 4.69) is 20.9 Å². The normalized spacial score (nSPS) is 11.4. The summed E-state index contributed by atoms with van der Waals surface area (Å²) in [5.74, 6) is 0.160. The van der Waals surface area contributed by atoms with Gasteiger partial charge in [-0.25, -0.2) is 4.98 Å². The van der Waals surface area contributed by atoms with Crippen LogP contribution in [-0.2, 0) is 0 Å². The Morgan fingerprint density at radius 2 is 1.90 bits per heavy atom. The van der Waals surface area contributed by atoms with Crippen LogP contribution in [0.3, 0.4) is 0 Å². The van der Waals surface area contributed by atoms with Crippen LogP contribution in [0.5, 0.6) is 0 Å². The molecule has 6 heteroatoms. The van der Waals surface area contributed by atoms with E-state index < -0.39 is 6.55 Å². The summed E-state index contributed by atoms with van der Waals surface area (Å²) in [6.45, 7) is -2.69. The van der Waals surface area contributed by atoms with Gasteiger partial charge in [0.25, 0.3) is 0 Å². The summed E-state index contributed by atoms with van der Waals surface area (Å²) in [5.41, 5.74) is 1.37. The Bertz CT molecular complexity index is 786. The number of rotatable bonds is 2. The van der Waals surface area contributed by atoms with Gasteiger partial charge in [0.1, 0.15) is 5.82 Å². The molecular formula is C14H8BrClF2N2. The van der Waals surface area contributed by atoms with Gasteiger partial charge in [0, 0.05) is 10.0 Å². The van der Waals surface area contributed by atoms with Crippen LogP contribution in [0.2, 0.25) is 5.02 Å². The molecule has 0 aliphatic rings. The highest BCUT2D eigenvalue weighted by Crippen LogP contribution is 2.34. The molecule has 0 spiro atoms. The summed E-state index contributed by atoms with van der Waals surface area (Å²) in [7, 11) is 0. The first-order chi connectivity index (χ1) is 9.58. The van der Waals surface area contributed by atoms with E-state index in [1.165, 1.54) is 0 Å². The second kappa shape index (κ2) is 5.14. The average Bonchev–Trinajstić information content (AvgIpc) is 2.80. The van der Waals surface area contributed by atoms with Gasteiger partial charge in [0.05, 0.1) is 16.1 Å². The van der Waals surface area contributed by atoms with Crippen molar-refractivity contribution in [2.45, 2.75) is 6.55 Å². The number of alkyl halides is 2. The zero-order valence-corrected chi connectivity index (χ0v) is 12.4. The zero-order valence-electron chi connectivity index (χ0n) is 10.0. The lowest BCUT2D eigenvalue weighted by Crippen LogP contribution is -2.01. The van der Waals surface area contributed by atoms with E-state index in [4.69, 9.17) is 11.6 Å². The van der Waals surface area contributed by atoms with Crippen molar-refractivity contribution >= 4 is 38.6 Å². The molecule has 3 rings (SSSR count). The van der Waals surface area contributed by atoms with Crippen LogP contribution in [0.25, 0.3) is 22.4 Å². The monoisotopic (exact) mass is 356 g/mol. The van der Waals surface area contributed by atoms with E-state index in [9.17, 15) is 8.78 Å². The molecule has 3 aromatic rings. The summed E-state index contributed by atoms with van der Waals surface area (Å²) in [6, 6.07) is 11.9. The highest BCUT2D eigenvalue weighted by atomic mass is 79.9. The standard InChI is InChI=1S/C14H8BrClF2N2/c15-8-5-6-10(16)9(7-8)13-19-11-3-1-2-4-12(11)20(13)14(17)18/h1-7,14H. The Labute approximate surface area is 127 Å². The first kappa shape index (κ1) is 13.5. The number of imidazole rings is 1. The molecule has 0 N–H and O–H groups in total. The first-order valence-corrected chi connectivity index (χ1v) is 6.95. The van der Waals surface area contributed by atoms with E-state index in [0.717, 1.165) is 9.04 Å². The minimum Gasteiger partial charge on any atom is -0.266 e. The van der Waals surface area contributed by atoms with Crippen LogP contribution in [0.1, 0.15) is 6.55 Å². The number of nitrogens with zero attached hydrogens (tertiary/aromatic N) is 2. The molecule has 2 aromatic carbocycles. The summed E-state index contributed by atoms with van der Waals surface area (Å²) >= 11 is 9.43. The third-order valence-electron chi connectivity index (χ3n) is 2.96. The van der Waals surface area contributed by atoms with Crippen LogP contribution in [0.15, 0.2) is 46.9 Å². The molecular weight excluding hydrogens is 350 g/mol. The number of fused-ring (bicyclic) bond motifs is 1. The number of hydrogen-bond acceptors (Lipinski definition) is 1. The summed E-state index contributed by atoms with van der Waals surface area (Å²) in [5, 5.41) is 0.380. The fraction of sp³-hybridized carbons (Fsp3) is 0.0714. The molecule has 102 valence electrons. The van der Waals surface area contributed by atoms with E-state index in [-0.39, 0.29) is 5.82 Å². The second-order valence-electron chi connectivity index (χ2n) is 4.20. The average molecular weight is 358 g/mol. The van der Waals surface area contributed by atoms with E-state index in [1.807, 2.05) is 0 Å². The molecule has 0 bridgehead atoms. The van der Waals surface area contributed by atoms with E-state index >= 15 is 0 Å². The van der Waals surface area contributed by atoms with Gasteiger partial charge in [-0.05, 0) is 30.3 Å². The van der Waals surface area contributed by atoms with Crippen LogP contribution in [-0.4, -0.2) is 9.55 Å². The van der Waals surface area contributed by atoms with Crippen molar-refractivity contribution in [2.24, 2.45) is 0 Å². The third kappa shape index (κ3) is 2.21. The maximum atomic E-state index is 13.4. The molecule has 0 radical (unpaired) electrons. The minimum atomic E-state index is -2.69. The van der Waals surface area contributed by atoms with Crippen molar-refractivity contribution in [1.82, 2.24) is 9.55 Å². The second-order valence-corrected chi connectivity index (χ2v) is 5.52. The largest absolute Gasteiger partial charge is 0.320 e. The third-order valence-corrected chi connectivity index (χ3v) is 3.78. The Hall–Kier alpha value is -1.46. The first-order valence-electron chi connectivity index (χ1n) is 5.78. The molecule has 0 saturated carbocycles. The molecule has 2 nitrogen and oxygen atoms in total. The lowest BCUT2D eigenvalue weighted by molar-refractivity contribution is 0.0764. The Morgan fingerprint density at radius 1 is 1.15 bits per heavy atom. The maximum absolute atomic E-state index is 13.4. The summed E-state index contributed by atoms with van der Waals surface area (Å²) in [4.78, 5) is 4.28. The molecule has 20 heavy (non-hydrogen) atoms. The van der Waals surface area contributed by atoms with Gasteiger partial charge >= 0.3 is 6.55 Å².